The first kappa shape index (κ1) is 33.3. The number of hydrogen-bond acceptors (Lipinski definition) is 0. The Kier molecular flexibility index (Phi) is 8.80. The van der Waals surface area contributed by atoms with Crippen molar-refractivity contribution in [2.24, 2.45) is 5.41 Å². The minimum absolute atomic E-state index is 0.0757. The van der Waals surface area contributed by atoms with Gasteiger partial charge >= 0.3 is 0 Å². The molecule has 0 saturated heterocycles. The van der Waals surface area contributed by atoms with Crippen molar-refractivity contribution in [1.29, 1.82) is 0 Å². The second-order valence-corrected chi connectivity index (χ2v) is 16.6. The van der Waals surface area contributed by atoms with Gasteiger partial charge in [0.1, 0.15) is 0 Å². The fourth-order valence-electron chi connectivity index (χ4n) is 8.51. The summed E-state index contributed by atoms with van der Waals surface area (Å²) in [7, 11) is 0. The van der Waals surface area contributed by atoms with Gasteiger partial charge in [-0.05, 0) is 117 Å². The van der Waals surface area contributed by atoms with Gasteiger partial charge in [-0.3, -0.25) is 0 Å². The van der Waals surface area contributed by atoms with Crippen molar-refractivity contribution < 1.29 is 0 Å². The largest absolute Gasteiger partial charge is 0.0653 e. The number of fused-ring (bicyclic) bond motifs is 2. The molecule has 4 aromatic rings. The zero-order valence-corrected chi connectivity index (χ0v) is 30.8. The molecule has 0 amide bonds. The Morgan fingerprint density at radius 3 is 1.26 bits per heavy atom. The predicted molar refractivity (Wildman–Crippen MR) is 206 cm³/mol. The van der Waals surface area contributed by atoms with Gasteiger partial charge in [0.25, 0.3) is 0 Å². The number of aryl methyl sites for hydroxylation is 2. The summed E-state index contributed by atoms with van der Waals surface area (Å²) in [4.78, 5) is 0. The van der Waals surface area contributed by atoms with E-state index in [0.29, 0.717) is 0 Å². The zero-order chi connectivity index (χ0) is 33.7. The molecule has 2 aliphatic carbocycles. The van der Waals surface area contributed by atoms with Crippen LogP contribution in [0.4, 0.5) is 0 Å². The Bertz CT molecular complexity index is 1740. The normalized spacial score (nSPS) is 14.6. The lowest BCUT2D eigenvalue weighted by Gasteiger charge is -2.37. The first-order chi connectivity index (χ1) is 22.3. The molecule has 0 heterocycles. The van der Waals surface area contributed by atoms with Crippen molar-refractivity contribution >= 4 is 12.2 Å². The Morgan fingerprint density at radius 1 is 0.511 bits per heavy atom. The summed E-state index contributed by atoms with van der Waals surface area (Å²) < 4.78 is 0. The second kappa shape index (κ2) is 12.4. The van der Waals surface area contributed by atoms with E-state index in [9.17, 15) is 0 Å². The van der Waals surface area contributed by atoms with Gasteiger partial charge in [0.2, 0.25) is 0 Å². The average Bonchev–Trinajstić information content (AvgIpc) is 3.65. The predicted octanol–water partition coefficient (Wildman–Crippen LogP) is 13.4. The Balaban J connectivity index is 1.44. The maximum Gasteiger partial charge on any atom is 0.0134 e. The van der Waals surface area contributed by atoms with E-state index >= 15 is 0 Å². The molecule has 0 atom stereocenters. The molecule has 0 unspecified atom stereocenters. The molecule has 0 aliphatic heterocycles. The molecule has 244 valence electrons. The van der Waals surface area contributed by atoms with E-state index in [-0.39, 0.29) is 16.2 Å². The van der Waals surface area contributed by atoms with Gasteiger partial charge in [-0.25, -0.2) is 0 Å². The maximum atomic E-state index is 2.62. The Morgan fingerprint density at radius 2 is 0.915 bits per heavy atom. The standard InChI is InChI=1S/C47H56/c1-11-23-47(24-12-2,37-27-33-15-13-17-41(43(33)29-37)39-21-19-35(25-31(39)3)45(5,6)7)38-28-34-16-14-18-42(44(34)30-38)40-22-20-36(26-32(40)4)46(8,9)10/h13-22,25-26,29-30H,11-12,23-24,27-28H2,1-10H3. The summed E-state index contributed by atoms with van der Waals surface area (Å²) >= 11 is 0. The molecule has 4 aromatic carbocycles. The third-order valence-electron chi connectivity index (χ3n) is 11.1. The lowest BCUT2D eigenvalue weighted by Crippen LogP contribution is -2.26. The van der Waals surface area contributed by atoms with Crippen LogP contribution in [0.25, 0.3) is 34.4 Å². The molecule has 6 rings (SSSR count). The highest BCUT2D eigenvalue weighted by Gasteiger charge is 2.40. The molecule has 2 aliphatic rings. The van der Waals surface area contributed by atoms with Gasteiger partial charge in [-0.2, -0.15) is 0 Å². The number of allylic oxidation sites excluding steroid dienone is 2. The van der Waals surface area contributed by atoms with Gasteiger partial charge in [0, 0.05) is 5.41 Å². The monoisotopic (exact) mass is 620 g/mol. The molecule has 47 heavy (non-hydrogen) atoms. The molecule has 0 N–H and O–H groups in total. The van der Waals surface area contributed by atoms with Crippen LogP contribution in [-0.4, -0.2) is 0 Å². The summed E-state index contributed by atoms with van der Waals surface area (Å²) in [6, 6.07) is 28.3. The van der Waals surface area contributed by atoms with Crippen LogP contribution in [0, 0.1) is 19.3 Å². The summed E-state index contributed by atoms with van der Waals surface area (Å²) in [5.74, 6) is 0. The molecular formula is C47H56. The van der Waals surface area contributed by atoms with Gasteiger partial charge in [-0.1, -0.05) is 164 Å². The van der Waals surface area contributed by atoms with Crippen LogP contribution >= 0.6 is 0 Å². The minimum Gasteiger partial charge on any atom is -0.0653 e. The molecule has 0 spiro atoms. The average molecular weight is 621 g/mol. The van der Waals surface area contributed by atoms with E-state index in [1.807, 2.05) is 0 Å². The third-order valence-corrected chi connectivity index (χ3v) is 11.1. The second-order valence-electron chi connectivity index (χ2n) is 16.6. The summed E-state index contributed by atoms with van der Waals surface area (Å²) in [6.45, 7) is 23.2. The molecule has 0 fully saturated rings. The zero-order valence-electron chi connectivity index (χ0n) is 30.8. The molecule has 0 bridgehead atoms. The highest BCUT2D eigenvalue weighted by Crippen LogP contribution is 2.54. The van der Waals surface area contributed by atoms with Crippen LogP contribution in [0.1, 0.15) is 126 Å². The first-order valence-electron chi connectivity index (χ1n) is 18.2. The number of hydrogen-bond donors (Lipinski definition) is 0. The van der Waals surface area contributed by atoms with Crippen LogP contribution in [0.5, 0.6) is 0 Å². The number of rotatable bonds is 8. The van der Waals surface area contributed by atoms with Crippen LogP contribution in [0.2, 0.25) is 0 Å². The van der Waals surface area contributed by atoms with E-state index in [1.165, 1.54) is 92.4 Å². The van der Waals surface area contributed by atoms with Gasteiger partial charge < -0.3 is 0 Å². The van der Waals surface area contributed by atoms with Crippen LogP contribution < -0.4 is 0 Å². The van der Waals surface area contributed by atoms with E-state index in [1.54, 1.807) is 11.1 Å². The van der Waals surface area contributed by atoms with Crippen LogP contribution in [0.3, 0.4) is 0 Å². The lowest BCUT2D eigenvalue weighted by molar-refractivity contribution is 0.349. The Labute approximate surface area is 286 Å². The smallest absolute Gasteiger partial charge is 0.0134 e. The minimum atomic E-state index is 0.0757. The third kappa shape index (κ3) is 6.10. The lowest BCUT2D eigenvalue weighted by atomic mass is 9.66. The molecule has 0 aromatic heterocycles. The quantitative estimate of drug-likeness (QED) is 0.184. The molecule has 0 saturated carbocycles. The van der Waals surface area contributed by atoms with Gasteiger partial charge in [0.05, 0.1) is 0 Å². The SMILES string of the molecule is CCCC(CCC)(C1=Cc2c(cccc2-c2ccc(C(C)(C)C)cc2C)C1)C1=Cc2c(cccc2-c2ccc(C(C)(C)C)cc2C)C1. The molecular weight excluding hydrogens is 565 g/mol. The summed E-state index contributed by atoms with van der Waals surface area (Å²) in [6.07, 6.45) is 12.1. The van der Waals surface area contributed by atoms with Crippen LogP contribution in [-0.2, 0) is 23.7 Å². The van der Waals surface area contributed by atoms with Crippen molar-refractivity contribution in [3.8, 4) is 22.3 Å². The fourth-order valence-corrected chi connectivity index (χ4v) is 8.51. The summed E-state index contributed by atoms with van der Waals surface area (Å²) in [5.41, 5.74) is 20.5. The Hall–Kier alpha value is -3.64. The fraction of sp³-hybridized carbons (Fsp3) is 0.404. The van der Waals surface area contributed by atoms with Gasteiger partial charge in [-0.15, -0.1) is 0 Å². The highest BCUT2D eigenvalue weighted by molar-refractivity contribution is 5.86. The van der Waals surface area contributed by atoms with E-state index in [4.69, 9.17) is 0 Å². The van der Waals surface area contributed by atoms with Crippen LogP contribution in [0.15, 0.2) is 83.9 Å². The van der Waals surface area contributed by atoms with Gasteiger partial charge in [0.15, 0.2) is 0 Å². The molecule has 0 nitrogen and oxygen atoms in total. The highest BCUT2D eigenvalue weighted by atomic mass is 14.4. The van der Waals surface area contributed by atoms with Crippen molar-refractivity contribution in [3.05, 3.63) is 128 Å². The van der Waals surface area contributed by atoms with Crippen molar-refractivity contribution in [3.63, 3.8) is 0 Å². The van der Waals surface area contributed by atoms with E-state index in [0.717, 1.165) is 12.8 Å². The number of benzene rings is 4. The topological polar surface area (TPSA) is 0 Å². The van der Waals surface area contributed by atoms with E-state index < -0.39 is 0 Å². The molecule has 0 radical (unpaired) electrons. The van der Waals surface area contributed by atoms with E-state index in [2.05, 4.69) is 154 Å². The molecule has 0 heteroatoms. The van der Waals surface area contributed by atoms with Crippen molar-refractivity contribution in [2.75, 3.05) is 0 Å². The first-order valence-corrected chi connectivity index (χ1v) is 18.2. The maximum absolute atomic E-state index is 2.62. The van der Waals surface area contributed by atoms with Crippen molar-refractivity contribution in [2.45, 2.75) is 119 Å². The van der Waals surface area contributed by atoms with Crippen molar-refractivity contribution in [1.82, 2.24) is 0 Å². The summed E-state index contributed by atoms with van der Waals surface area (Å²) in [5, 5.41) is 0.